The molecule has 1 heterocycles. The number of urea groups is 1. The molecule has 0 spiro atoms. The smallest absolute Gasteiger partial charge is 0.327 e. The first-order chi connectivity index (χ1) is 14.7. The second-order valence-corrected chi connectivity index (χ2v) is 9.22. The fraction of sp³-hybridized carbons (Fsp3) is 0.238. The SMILES string of the molecule is CN(C(=O)Nc1ncc(Oc2cccc(F)c2)s1)c1cccc(SNCC(C)(C)O)c1. The van der Waals surface area contributed by atoms with Gasteiger partial charge < -0.3 is 9.84 Å². The molecule has 3 rings (SSSR count). The van der Waals surface area contributed by atoms with E-state index in [4.69, 9.17) is 4.74 Å². The van der Waals surface area contributed by atoms with Gasteiger partial charge in [-0.05, 0) is 56.1 Å². The highest BCUT2D eigenvalue weighted by atomic mass is 32.2. The molecule has 0 saturated carbocycles. The van der Waals surface area contributed by atoms with E-state index in [0.29, 0.717) is 28.2 Å². The van der Waals surface area contributed by atoms with Crippen LogP contribution in [0.2, 0.25) is 0 Å². The van der Waals surface area contributed by atoms with Crippen LogP contribution in [0.25, 0.3) is 0 Å². The lowest BCUT2D eigenvalue weighted by molar-refractivity contribution is 0.0865. The number of carbonyl (C=O) groups is 1. The molecule has 2 amide bonds. The van der Waals surface area contributed by atoms with Crippen LogP contribution >= 0.6 is 23.3 Å². The summed E-state index contributed by atoms with van der Waals surface area (Å²) < 4.78 is 21.9. The van der Waals surface area contributed by atoms with Crippen LogP contribution in [0.15, 0.2) is 59.6 Å². The van der Waals surface area contributed by atoms with Crippen LogP contribution in [0, 0.1) is 5.82 Å². The normalized spacial score (nSPS) is 11.3. The number of benzene rings is 2. The summed E-state index contributed by atoms with van der Waals surface area (Å²) >= 11 is 2.52. The maximum absolute atomic E-state index is 13.3. The van der Waals surface area contributed by atoms with Crippen molar-refractivity contribution in [1.29, 1.82) is 0 Å². The molecule has 10 heteroatoms. The number of nitrogens with zero attached hydrogens (tertiary/aromatic N) is 2. The number of aliphatic hydroxyl groups is 1. The van der Waals surface area contributed by atoms with Crippen LogP contribution in [0.5, 0.6) is 10.8 Å². The third-order valence-corrected chi connectivity index (χ3v) is 5.49. The number of thiazole rings is 1. The quantitative estimate of drug-likeness (QED) is 0.403. The summed E-state index contributed by atoms with van der Waals surface area (Å²) in [5.74, 6) is -0.0426. The van der Waals surface area contributed by atoms with Crippen LogP contribution in [0.3, 0.4) is 0 Å². The molecule has 0 aliphatic carbocycles. The van der Waals surface area contributed by atoms with Gasteiger partial charge >= 0.3 is 6.03 Å². The largest absolute Gasteiger partial charge is 0.445 e. The van der Waals surface area contributed by atoms with Gasteiger partial charge in [0.1, 0.15) is 11.6 Å². The second-order valence-electron chi connectivity index (χ2n) is 7.27. The van der Waals surface area contributed by atoms with Gasteiger partial charge in [-0.3, -0.25) is 14.9 Å². The number of halogens is 1. The molecule has 0 unspecified atom stereocenters. The Morgan fingerprint density at radius 1 is 1.29 bits per heavy atom. The Morgan fingerprint density at radius 2 is 2.06 bits per heavy atom. The number of ether oxygens (including phenoxy) is 1. The first-order valence-electron chi connectivity index (χ1n) is 9.36. The van der Waals surface area contributed by atoms with Gasteiger partial charge in [0, 0.05) is 30.2 Å². The molecular weight excluding hydrogens is 439 g/mol. The highest BCUT2D eigenvalue weighted by Crippen LogP contribution is 2.31. The van der Waals surface area contributed by atoms with Crippen molar-refractivity contribution in [1.82, 2.24) is 9.71 Å². The molecule has 0 atom stereocenters. The highest BCUT2D eigenvalue weighted by molar-refractivity contribution is 7.97. The number of rotatable bonds is 8. The van der Waals surface area contributed by atoms with Gasteiger partial charge in [-0.15, -0.1) is 0 Å². The zero-order valence-electron chi connectivity index (χ0n) is 17.3. The van der Waals surface area contributed by atoms with Crippen molar-refractivity contribution >= 4 is 40.1 Å². The number of amides is 2. The lowest BCUT2D eigenvalue weighted by atomic mass is 10.1. The second kappa shape index (κ2) is 10.1. The molecule has 2 aromatic carbocycles. The molecule has 0 saturated heterocycles. The molecule has 0 aliphatic heterocycles. The van der Waals surface area contributed by atoms with Gasteiger partial charge in [-0.25, -0.2) is 14.2 Å². The third kappa shape index (κ3) is 7.21. The first kappa shape index (κ1) is 23.0. The summed E-state index contributed by atoms with van der Waals surface area (Å²) in [5.41, 5.74) is -0.118. The number of carbonyl (C=O) groups excluding carboxylic acids is 1. The van der Waals surface area contributed by atoms with Crippen molar-refractivity contribution in [3.63, 3.8) is 0 Å². The number of anilines is 2. The Bertz CT molecular complexity index is 1040. The van der Waals surface area contributed by atoms with Crippen molar-refractivity contribution in [2.45, 2.75) is 24.3 Å². The maximum Gasteiger partial charge on any atom is 0.327 e. The molecular formula is C21H23FN4O3S2. The third-order valence-electron chi connectivity index (χ3n) is 3.92. The zero-order valence-corrected chi connectivity index (χ0v) is 18.9. The van der Waals surface area contributed by atoms with Crippen molar-refractivity contribution in [3.8, 4) is 10.8 Å². The van der Waals surface area contributed by atoms with Crippen LogP contribution in [0.1, 0.15) is 13.8 Å². The maximum atomic E-state index is 13.3. The monoisotopic (exact) mass is 462 g/mol. The molecule has 0 fully saturated rings. The summed E-state index contributed by atoms with van der Waals surface area (Å²) in [6, 6.07) is 12.9. The number of hydrogen-bond donors (Lipinski definition) is 3. The lowest BCUT2D eigenvalue weighted by Gasteiger charge is -2.19. The molecule has 0 bridgehead atoms. The first-order valence-corrected chi connectivity index (χ1v) is 11.0. The molecule has 0 aliphatic rings. The van der Waals surface area contributed by atoms with Crippen LogP contribution in [-0.2, 0) is 0 Å². The van der Waals surface area contributed by atoms with Crippen LogP contribution < -0.4 is 19.7 Å². The number of aromatic nitrogens is 1. The van der Waals surface area contributed by atoms with Crippen LogP contribution in [-0.4, -0.2) is 35.3 Å². The van der Waals surface area contributed by atoms with E-state index >= 15 is 0 Å². The van der Waals surface area contributed by atoms with E-state index in [-0.39, 0.29) is 6.03 Å². The van der Waals surface area contributed by atoms with Crippen molar-refractivity contribution in [2.24, 2.45) is 0 Å². The van der Waals surface area contributed by atoms with Crippen molar-refractivity contribution in [3.05, 3.63) is 60.5 Å². The van der Waals surface area contributed by atoms with E-state index in [0.717, 1.165) is 16.2 Å². The van der Waals surface area contributed by atoms with E-state index in [9.17, 15) is 14.3 Å². The van der Waals surface area contributed by atoms with E-state index in [1.165, 1.54) is 35.2 Å². The molecule has 0 radical (unpaired) electrons. The molecule has 31 heavy (non-hydrogen) atoms. The lowest BCUT2D eigenvalue weighted by Crippen LogP contribution is -2.31. The van der Waals surface area contributed by atoms with Gasteiger partial charge in [0.15, 0.2) is 5.13 Å². The molecule has 3 aromatic rings. The average Bonchev–Trinajstić information content (AvgIpc) is 3.13. The van der Waals surface area contributed by atoms with Gasteiger partial charge in [0.25, 0.3) is 0 Å². The minimum Gasteiger partial charge on any atom is -0.445 e. The van der Waals surface area contributed by atoms with Gasteiger partial charge in [0.2, 0.25) is 5.06 Å². The minimum atomic E-state index is -0.813. The fourth-order valence-electron chi connectivity index (χ4n) is 2.36. The van der Waals surface area contributed by atoms with E-state index in [2.05, 4.69) is 15.0 Å². The van der Waals surface area contributed by atoms with Crippen molar-refractivity contribution < 1.29 is 19.0 Å². The molecule has 164 valence electrons. The van der Waals surface area contributed by atoms with E-state index < -0.39 is 11.4 Å². The van der Waals surface area contributed by atoms with Gasteiger partial charge in [-0.1, -0.05) is 23.5 Å². The summed E-state index contributed by atoms with van der Waals surface area (Å²) in [6.45, 7) is 3.87. The molecule has 3 N–H and O–H groups in total. The Labute approximate surface area is 188 Å². The van der Waals surface area contributed by atoms with Gasteiger partial charge in [0.05, 0.1) is 11.8 Å². The number of nitrogens with one attached hydrogen (secondary N) is 2. The van der Waals surface area contributed by atoms with Gasteiger partial charge in [-0.2, -0.15) is 0 Å². The average molecular weight is 463 g/mol. The summed E-state index contributed by atoms with van der Waals surface area (Å²) in [4.78, 5) is 19.1. The zero-order chi connectivity index (χ0) is 22.4. The van der Waals surface area contributed by atoms with E-state index in [1.54, 1.807) is 33.0 Å². The highest BCUT2D eigenvalue weighted by Gasteiger charge is 2.15. The van der Waals surface area contributed by atoms with Crippen molar-refractivity contribution in [2.75, 3.05) is 23.8 Å². The summed E-state index contributed by atoms with van der Waals surface area (Å²) in [5, 5.41) is 13.3. The summed E-state index contributed by atoms with van der Waals surface area (Å²) in [6.07, 6.45) is 1.47. The van der Waals surface area contributed by atoms with E-state index in [1.807, 2.05) is 24.3 Å². The predicted octanol–water partition coefficient (Wildman–Crippen LogP) is 5.11. The standard InChI is InChI=1S/C21H23FN4O3S2/c1-21(2,28)13-24-31-17-9-5-7-15(11-17)26(3)20(27)25-19-23-12-18(30-19)29-16-8-4-6-14(22)10-16/h4-12,24,28H,13H2,1-3H3,(H,23,25,27). The fourth-order valence-corrected chi connectivity index (χ4v) is 3.95. The Hall–Kier alpha value is -2.66. The molecule has 7 nitrogen and oxygen atoms in total. The Balaban J connectivity index is 1.58. The predicted molar refractivity (Wildman–Crippen MR) is 123 cm³/mol. The Kier molecular flexibility index (Phi) is 7.50. The molecule has 1 aromatic heterocycles. The topological polar surface area (TPSA) is 86.7 Å². The van der Waals surface area contributed by atoms with Crippen LogP contribution in [0.4, 0.5) is 20.0 Å². The minimum absolute atomic E-state index is 0.353. The number of hydrogen-bond acceptors (Lipinski definition) is 7. The Morgan fingerprint density at radius 3 is 2.81 bits per heavy atom. The summed E-state index contributed by atoms with van der Waals surface area (Å²) in [7, 11) is 1.65.